The van der Waals surface area contributed by atoms with Crippen LogP contribution in [0, 0.1) is 16.7 Å². The van der Waals surface area contributed by atoms with Crippen molar-refractivity contribution in [3.8, 4) is 0 Å². The molecule has 0 heterocycles. The third-order valence-corrected chi connectivity index (χ3v) is 10.6. The molecule has 0 aromatic carbocycles. The SMILES string of the molecule is CC1(C)C=C(O[Si](C)(C)C(C)(C)C)C[C@]2(C)CCCC(=O)[C@H]12. The summed E-state index contributed by atoms with van der Waals surface area (Å²) in [5, 5.41) is 0.206. The lowest BCUT2D eigenvalue weighted by molar-refractivity contribution is -0.136. The van der Waals surface area contributed by atoms with Crippen molar-refractivity contribution in [3.63, 3.8) is 0 Å². The summed E-state index contributed by atoms with van der Waals surface area (Å²) in [6.45, 7) is 18.2. The van der Waals surface area contributed by atoms with E-state index in [2.05, 4.69) is 60.7 Å². The average molecular weight is 323 g/mol. The van der Waals surface area contributed by atoms with E-state index in [1.54, 1.807) is 0 Å². The quantitative estimate of drug-likeness (QED) is 0.610. The van der Waals surface area contributed by atoms with Crippen molar-refractivity contribution >= 4 is 14.1 Å². The minimum absolute atomic E-state index is 0.0747. The summed E-state index contributed by atoms with van der Waals surface area (Å²) in [6, 6.07) is 0. The normalized spacial score (nSPS) is 32.3. The van der Waals surface area contributed by atoms with Gasteiger partial charge in [0.15, 0.2) is 0 Å². The zero-order valence-corrected chi connectivity index (χ0v) is 16.8. The summed E-state index contributed by atoms with van der Waals surface area (Å²) in [7, 11) is -1.81. The molecule has 2 rings (SSSR count). The standard InChI is InChI=1S/C19H34O2Si/c1-17(2,3)22(7,8)21-14-12-18(4,5)16-15(20)10-9-11-19(16,6)13-14/h12,16H,9-11,13H2,1-8H3/t16-,19+/m1/s1. The van der Waals surface area contributed by atoms with Gasteiger partial charge in [0.1, 0.15) is 5.78 Å². The number of carbonyl (C=O) groups is 1. The smallest absolute Gasteiger partial charge is 0.250 e. The van der Waals surface area contributed by atoms with Crippen LogP contribution in [0.2, 0.25) is 18.1 Å². The Morgan fingerprint density at radius 1 is 1.23 bits per heavy atom. The molecule has 0 aliphatic heterocycles. The molecule has 0 amide bonds. The largest absolute Gasteiger partial charge is 0.547 e. The van der Waals surface area contributed by atoms with Crippen LogP contribution in [0.25, 0.3) is 0 Å². The molecule has 0 bridgehead atoms. The third kappa shape index (κ3) is 3.06. The van der Waals surface area contributed by atoms with E-state index in [1.165, 1.54) is 0 Å². The first-order valence-electron chi connectivity index (χ1n) is 8.72. The maximum absolute atomic E-state index is 12.5. The highest BCUT2D eigenvalue weighted by Crippen LogP contribution is 2.56. The summed E-state index contributed by atoms with van der Waals surface area (Å²) in [5.41, 5.74) is -0.0204. The lowest BCUT2D eigenvalue weighted by Gasteiger charge is -2.52. The van der Waals surface area contributed by atoms with Crippen LogP contribution in [-0.4, -0.2) is 14.1 Å². The molecule has 2 atom stereocenters. The van der Waals surface area contributed by atoms with Gasteiger partial charge in [-0.1, -0.05) is 41.5 Å². The van der Waals surface area contributed by atoms with Gasteiger partial charge in [-0.05, 0) is 47.9 Å². The van der Waals surface area contributed by atoms with E-state index in [0.29, 0.717) is 5.78 Å². The van der Waals surface area contributed by atoms with Gasteiger partial charge in [0.25, 0.3) is 0 Å². The van der Waals surface area contributed by atoms with E-state index in [0.717, 1.165) is 31.4 Å². The van der Waals surface area contributed by atoms with Gasteiger partial charge in [0.05, 0.1) is 5.76 Å². The molecule has 0 aromatic heterocycles. The Balaban J connectivity index is 2.34. The first kappa shape index (κ1) is 17.8. The lowest BCUT2D eigenvalue weighted by atomic mass is 9.53. The van der Waals surface area contributed by atoms with Crippen molar-refractivity contribution in [1.82, 2.24) is 0 Å². The minimum Gasteiger partial charge on any atom is -0.547 e. The number of carbonyl (C=O) groups excluding carboxylic acids is 1. The Morgan fingerprint density at radius 3 is 2.36 bits per heavy atom. The van der Waals surface area contributed by atoms with Crippen LogP contribution in [0.4, 0.5) is 0 Å². The van der Waals surface area contributed by atoms with Crippen LogP contribution in [0.5, 0.6) is 0 Å². The topological polar surface area (TPSA) is 26.3 Å². The molecule has 0 N–H and O–H groups in total. The molecule has 0 aromatic rings. The van der Waals surface area contributed by atoms with Gasteiger partial charge >= 0.3 is 0 Å². The highest BCUT2D eigenvalue weighted by Gasteiger charge is 2.52. The fourth-order valence-corrected chi connectivity index (χ4v) is 5.43. The van der Waals surface area contributed by atoms with E-state index in [9.17, 15) is 4.79 Å². The van der Waals surface area contributed by atoms with E-state index < -0.39 is 8.32 Å². The lowest BCUT2D eigenvalue weighted by Crippen LogP contribution is -2.49. The van der Waals surface area contributed by atoms with Gasteiger partial charge in [-0.25, -0.2) is 0 Å². The van der Waals surface area contributed by atoms with Crippen LogP contribution < -0.4 is 0 Å². The van der Waals surface area contributed by atoms with Gasteiger partial charge < -0.3 is 4.43 Å². The fraction of sp³-hybridized carbons (Fsp3) is 0.842. The van der Waals surface area contributed by atoms with Crippen molar-refractivity contribution in [2.24, 2.45) is 16.7 Å². The number of hydrogen-bond acceptors (Lipinski definition) is 2. The van der Waals surface area contributed by atoms with E-state index >= 15 is 0 Å². The Labute approximate surface area is 137 Å². The fourth-order valence-electron chi connectivity index (χ4n) is 4.34. The maximum Gasteiger partial charge on any atom is 0.250 e. The number of rotatable bonds is 2. The molecule has 2 aliphatic carbocycles. The zero-order chi connectivity index (χ0) is 17.0. The highest BCUT2D eigenvalue weighted by molar-refractivity contribution is 6.74. The number of allylic oxidation sites excluding steroid dienone is 2. The van der Waals surface area contributed by atoms with Crippen LogP contribution in [0.3, 0.4) is 0 Å². The predicted octanol–water partition coefficient (Wildman–Crippen LogP) is 5.70. The summed E-state index contributed by atoms with van der Waals surface area (Å²) in [5.74, 6) is 1.76. The van der Waals surface area contributed by atoms with Crippen molar-refractivity contribution in [1.29, 1.82) is 0 Å². The van der Waals surface area contributed by atoms with E-state index in [4.69, 9.17) is 4.43 Å². The Bertz CT molecular complexity index is 496. The average Bonchev–Trinajstić information content (AvgIpc) is 2.22. The van der Waals surface area contributed by atoms with E-state index in [-0.39, 0.29) is 21.8 Å². The van der Waals surface area contributed by atoms with Crippen LogP contribution in [-0.2, 0) is 9.22 Å². The van der Waals surface area contributed by atoms with Crippen molar-refractivity contribution < 1.29 is 9.22 Å². The second-order valence-corrected chi connectivity index (χ2v) is 14.6. The van der Waals surface area contributed by atoms with Gasteiger partial charge in [0, 0.05) is 18.8 Å². The first-order valence-corrected chi connectivity index (χ1v) is 11.6. The molecule has 1 saturated carbocycles. The summed E-state index contributed by atoms with van der Waals surface area (Å²) < 4.78 is 6.62. The summed E-state index contributed by atoms with van der Waals surface area (Å²) >= 11 is 0. The molecule has 0 spiro atoms. The van der Waals surface area contributed by atoms with Crippen LogP contribution >= 0.6 is 0 Å². The number of ketones is 1. The predicted molar refractivity (Wildman–Crippen MR) is 95.2 cm³/mol. The second kappa shape index (κ2) is 5.22. The maximum atomic E-state index is 12.5. The molecule has 3 heteroatoms. The van der Waals surface area contributed by atoms with E-state index in [1.807, 2.05) is 0 Å². The molecule has 22 heavy (non-hydrogen) atoms. The van der Waals surface area contributed by atoms with Gasteiger partial charge in [-0.3, -0.25) is 4.79 Å². The molecule has 0 saturated heterocycles. The zero-order valence-electron chi connectivity index (χ0n) is 15.8. The van der Waals surface area contributed by atoms with Crippen LogP contribution in [0.15, 0.2) is 11.8 Å². The van der Waals surface area contributed by atoms with Crippen LogP contribution in [0.1, 0.15) is 67.2 Å². The van der Waals surface area contributed by atoms with Crippen molar-refractivity contribution in [3.05, 3.63) is 11.8 Å². The minimum atomic E-state index is -1.81. The third-order valence-electron chi connectivity index (χ3n) is 6.24. The van der Waals surface area contributed by atoms with Crippen molar-refractivity contribution in [2.75, 3.05) is 0 Å². The Hall–Kier alpha value is -0.573. The molecule has 2 aliphatic rings. The van der Waals surface area contributed by atoms with Gasteiger partial charge in [-0.2, -0.15) is 0 Å². The molecular weight excluding hydrogens is 288 g/mol. The highest BCUT2D eigenvalue weighted by atomic mass is 28.4. The van der Waals surface area contributed by atoms with Gasteiger partial charge in [0.2, 0.25) is 8.32 Å². The molecule has 2 nitrogen and oxygen atoms in total. The molecule has 1 fully saturated rings. The second-order valence-electron chi connectivity index (χ2n) is 9.88. The van der Waals surface area contributed by atoms with Gasteiger partial charge in [-0.15, -0.1) is 0 Å². The first-order chi connectivity index (χ1) is 9.79. The Kier molecular flexibility index (Phi) is 4.22. The molecule has 126 valence electrons. The molecular formula is C19H34O2Si. The summed E-state index contributed by atoms with van der Waals surface area (Å²) in [4.78, 5) is 12.5. The van der Waals surface area contributed by atoms with Crippen molar-refractivity contribution in [2.45, 2.75) is 85.4 Å². The molecule has 0 radical (unpaired) electrons. The monoisotopic (exact) mass is 322 g/mol. The number of fused-ring (bicyclic) bond motifs is 1. The number of hydrogen-bond donors (Lipinski definition) is 0. The molecule has 0 unspecified atom stereocenters. The Morgan fingerprint density at radius 2 is 1.82 bits per heavy atom. The summed E-state index contributed by atoms with van der Waals surface area (Å²) in [6.07, 6.45) is 6.14. The number of Topliss-reactive ketones (excluding diaryl/α,β-unsaturated/α-hetero) is 1.